The molecule has 0 aliphatic heterocycles. The Morgan fingerprint density at radius 1 is 1.00 bits per heavy atom. The van der Waals surface area contributed by atoms with Crippen molar-refractivity contribution in [3.8, 4) is 0 Å². The molecule has 1 nitrogen and oxygen atoms in total. The smallest absolute Gasteiger partial charge is 0.000357 e. The standard InChI is InChI=1S/C13H27N/c1-12(11-14(2)3)13-9-7-5-4-6-8-10-13/h12-13H,4-11H2,1-3H3. The van der Waals surface area contributed by atoms with Crippen LogP contribution in [0.2, 0.25) is 0 Å². The molecule has 1 aliphatic rings. The van der Waals surface area contributed by atoms with Crippen molar-refractivity contribution in [2.45, 2.75) is 51.9 Å². The van der Waals surface area contributed by atoms with E-state index in [0.29, 0.717) is 0 Å². The number of nitrogens with zero attached hydrogens (tertiary/aromatic N) is 1. The van der Waals surface area contributed by atoms with Crippen molar-refractivity contribution in [3.63, 3.8) is 0 Å². The van der Waals surface area contributed by atoms with Gasteiger partial charge in [-0.05, 0) is 25.9 Å². The van der Waals surface area contributed by atoms with Crippen LogP contribution in [0, 0.1) is 11.8 Å². The van der Waals surface area contributed by atoms with E-state index in [1.165, 1.54) is 51.5 Å². The molecule has 0 aromatic rings. The minimum absolute atomic E-state index is 0.892. The van der Waals surface area contributed by atoms with Crippen molar-refractivity contribution in [2.24, 2.45) is 11.8 Å². The molecule has 14 heavy (non-hydrogen) atoms. The molecule has 1 fully saturated rings. The maximum Gasteiger partial charge on any atom is 0.000357 e. The summed E-state index contributed by atoms with van der Waals surface area (Å²) < 4.78 is 0. The maximum atomic E-state index is 2.44. The highest BCUT2D eigenvalue weighted by molar-refractivity contribution is 4.70. The lowest BCUT2D eigenvalue weighted by Crippen LogP contribution is -2.26. The van der Waals surface area contributed by atoms with Crippen molar-refractivity contribution >= 4 is 0 Å². The zero-order valence-electron chi connectivity index (χ0n) is 10.3. The number of hydrogen-bond donors (Lipinski definition) is 0. The molecule has 1 saturated carbocycles. The van der Waals surface area contributed by atoms with Crippen LogP contribution in [0.3, 0.4) is 0 Å². The lowest BCUT2D eigenvalue weighted by molar-refractivity contribution is 0.225. The van der Waals surface area contributed by atoms with E-state index in [9.17, 15) is 0 Å². The van der Waals surface area contributed by atoms with E-state index in [0.717, 1.165) is 11.8 Å². The van der Waals surface area contributed by atoms with Crippen LogP contribution in [0.1, 0.15) is 51.9 Å². The van der Waals surface area contributed by atoms with Gasteiger partial charge in [0.05, 0.1) is 0 Å². The van der Waals surface area contributed by atoms with Gasteiger partial charge in [-0.3, -0.25) is 0 Å². The predicted molar refractivity (Wildman–Crippen MR) is 63.5 cm³/mol. The fourth-order valence-corrected chi connectivity index (χ4v) is 2.78. The van der Waals surface area contributed by atoms with Crippen molar-refractivity contribution in [3.05, 3.63) is 0 Å². The van der Waals surface area contributed by atoms with Crippen LogP contribution in [-0.2, 0) is 0 Å². The fraction of sp³-hybridized carbons (Fsp3) is 1.00. The van der Waals surface area contributed by atoms with Crippen LogP contribution >= 0.6 is 0 Å². The highest BCUT2D eigenvalue weighted by Crippen LogP contribution is 2.28. The summed E-state index contributed by atoms with van der Waals surface area (Å²) in [6.07, 6.45) is 10.3. The summed E-state index contributed by atoms with van der Waals surface area (Å²) in [4.78, 5) is 2.34. The normalized spacial score (nSPS) is 23.1. The SMILES string of the molecule is CC(CN(C)C)C1CCCCCCC1. The van der Waals surface area contributed by atoms with E-state index in [1.807, 2.05) is 0 Å². The Hall–Kier alpha value is -0.0400. The Morgan fingerprint density at radius 3 is 2.00 bits per heavy atom. The summed E-state index contributed by atoms with van der Waals surface area (Å²) in [5.74, 6) is 1.89. The molecule has 0 bridgehead atoms. The minimum Gasteiger partial charge on any atom is -0.309 e. The quantitative estimate of drug-likeness (QED) is 0.669. The molecule has 1 unspecified atom stereocenters. The molecule has 1 atom stereocenters. The van der Waals surface area contributed by atoms with E-state index < -0.39 is 0 Å². The van der Waals surface area contributed by atoms with Gasteiger partial charge in [-0.15, -0.1) is 0 Å². The fourth-order valence-electron chi connectivity index (χ4n) is 2.78. The second-order valence-corrected chi connectivity index (χ2v) is 5.34. The molecular weight excluding hydrogens is 170 g/mol. The van der Waals surface area contributed by atoms with Gasteiger partial charge in [0.15, 0.2) is 0 Å². The molecule has 1 heteroatoms. The first kappa shape index (κ1) is 12.0. The molecule has 84 valence electrons. The average molecular weight is 197 g/mol. The summed E-state index contributed by atoms with van der Waals surface area (Å²) >= 11 is 0. The highest BCUT2D eigenvalue weighted by Gasteiger charge is 2.18. The van der Waals surface area contributed by atoms with E-state index in [4.69, 9.17) is 0 Å². The Morgan fingerprint density at radius 2 is 1.50 bits per heavy atom. The third-order valence-electron chi connectivity index (χ3n) is 3.61. The van der Waals surface area contributed by atoms with Gasteiger partial charge in [0.25, 0.3) is 0 Å². The first-order chi connectivity index (χ1) is 6.70. The van der Waals surface area contributed by atoms with Crippen LogP contribution in [0.5, 0.6) is 0 Å². The van der Waals surface area contributed by atoms with Crippen LogP contribution in [0.15, 0.2) is 0 Å². The van der Waals surface area contributed by atoms with E-state index in [2.05, 4.69) is 25.9 Å². The molecule has 0 heterocycles. The summed E-state index contributed by atoms with van der Waals surface area (Å²) in [6, 6.07) is 0. The molecule has 0 aromatic carbocycles. The largest absolute Gasteiger partial charge is 0.309 e. The topological polar surface area (TPSA) is 3.24 Å². The molecule has 0 amide bonds. The van der Waals surface area contributed by atoms with Crippen LogP contribution < -0.4 is 0 Å². The summed E-state index contributed by atoms with van der Waals surface area (Å²) in [6.45, 7) is 3.71. The zero-order valence-corrected chi connectivity index (χ0v) is 10.3. The van der Waals surface area contributed by atoms with Crippen molar-refractivity contribution in [1.82, 2.24) is 4.90 Å². The first-order valence-corrected chi connectivity index (χ1v) is 6.35. The number of rotatable bonds is 3. The van der Waals surface area contributed by atoms with Gasteiger partial charge in [0, 0.05) is 6.54 Å². The minimum atomic E-state index is 0.892. The van der Waals surface area contributed by atoms with E-state index >= 15 is 0 Å². The Kier molecular flexibility index (Phi) is 5.54. The monoisotopic (exact) mass is 197 g/mol. The molecule has 1 aliphatic carbocycles. The number of hydrogen-bond acceptors (Lipinski definition) is 1. The molecular formula is C13H27N. The predicted octanol–water partition coefficient (Wildman–Crippen LogP) is 3.54. The molecule has 0 N–H and O–H groups in total. The zero-order chi connectivity index (χ0) is 10.4. The van der Waals surface area contributed by atoms with Crippen molar-refractivity contribution in [2.75, 3.05) is 20.6 Å². The summed E-state index contributed by atoms with van der Waals surface area (Å²) in [5, 5.41) is 0. The third-order valence-corrected chi connectivity index (χ3v) is 3.61. The van der Waals surface area contributed by atoms with Crippen LogP contribution in [0.25, 0.3) is 0 Å². The van der Waals surface area contributed by atoms with E-state index in [1.54, 1.807) is 0 Å². The lowest BCUT2D eigenvalue weighted by Gasteiger charge is -2.28. The van der Waals surface area contributed by atoms with Gasteiger partial charge < -0.3 is 4.90 Å². The molecule has 0 saturated heterocycles. The van der Waals surface area contributed by atoms with Crippen molar-refractivity contribution < 1.29 is 0 Å². The maximum absolute atomic E-state index is 2.44. The molecule has 0 aromatic heterocycles. The third kappa shape index (κ3) is 4.45. The highest BCUT2D eigenvalue weighted by atomic mass is 15.1. The summed E-state index contributed by atoms with van der Waals surface area (Å²) in [7, 11) is 4.39. The van der Waals surface area contributed by atoms with E-state index in [-0.39, 0.29) is 0 Å². The lowest BCUT2D eigenvalue weighted by atomic mass is 9.82. The van der Waals surface area contributed by atoms with Gasteiger partial charge in [-0.2, -0.15) is 0 Å². The van der Waals surface area contributed by atoms with Crippen LogP contribution in [-0.4, -0.2) is 25.5 Å². The second-order valence-electron chi connectivity index (χ2n) is 5.34. The first-order valence-electron chi connectivity index (χ1n) is 6.35. The molecule has 0 spiro atoms. The van der Waals surface area contributed by atoms with Gasteiger partial charge >= 0.3 is 0 Å². The Labute approximate surface area is 89.9 Å². The van der Waals surface area contributed by atoms with Crippen molar-refractivity contribution in [1.29, 1.82) is 0 Å². The van der Waals surface area contributed by atoms with Gasteiger partial charge in [0.2, 0.25) is 0 Å². The Balaban J connectivity index is 2.31. The van der Waals surface area contributed by atoms with Gasteiger partial charge in [-0.25, -0.2) is 0 Å². The van der Waals surface area contributed by atoms with Gasteiger partial charge in [0.1, 0.15) is 0 Å². The second kappa shape index (κ2) is 6.44. The Bertz CT molecular complexity index is 134. The average Bonchev–Trinajstić information content (AvgIpc) is 2.00. The van der Waals surface area contributed by atoms with Gasteiger partial charge in [-0.1, -0.05) is 51.9 Å². The molecule has 1 rings (SSSR count). The summed E-state index contributed by atoms with van der Waals surface area (Å²) in [5.41, 5.74) is 0. The molecule has 0 radical (unpaired) electrons. The van der Waals surface area contributed by atoms with Crippen LogP contribution in [0.4, 0.5) is 0 Å².